The van der Waals surface area contributed by atoms with Gasteiger partial charge in [-0.1, -0.05) is 0 Å². The van der Waals surface area contributed by atoms with E-state index in [1.54, 1.807) is 38.5 Å². The van der Waals surface area contributed by atoms with Gasteiger partial charge in [0.25, 0.3) is 5.91 Å². The average Bonchev–Trinajstić information content (AvgIpc) is 2.61. The predicted molar refractivity (Wildman–Crippen MR) is 90.6 cm³/mol. The van der Waals surface area contributed by atoms with Gasteiger partial charge in [0, 0.05) is 5.56 Å². The van der Waals surface area contributed by atoms with Crippen molar-refractivity contribution in [3.8, 4) is 11.5 Å². The fourth-order valence-electron chi connectivity index (χ4n) is 2.97. The van der Waals surface area contributed by atoms with Gasteiger partial charge < -0.3 is 14.8 Å². The molecule has 0 saturated heterocycles. The number of ether oxygens (including phenoxy) is 2. The summed E-state index contributed by atoms with van der Waals surface area (Å²) in [5.41, 5.74) is 3.96. The van der Waals surface area contributed by atoms with Gasteiger partial charge >= 0.3 is 0 Å². The third-order valence-electron chi connectivity index (χ3n) is 4.26. The van der Waals surface area contributed by atoms with E-state index in [-0.39, 0.29) is 5.91 Å². The SMILES string of the molecule is COc1ccc(C(=O)Nc2cc3c(cc2OC)CCCC3)cc1. The first-order valence-electron chi connectivity index (χ1n) is 7.86. The molecule has 1 aliphatic rings. The fraction of sp³-hybridized carbons (Fsp3) is 0.316. The molecule has 0 saturated carbocycles. The lowest BCUT2D eigenvalue weighted by molar-refractivity contribution is 0.102. The van der Waals surface area contributed by atoms with E-state index in [1.807, 2.05) is 0 Å². The van der Waals surface area contributed by atoms with Crippen LogP contribution in [0, 0.1) is 0 Å². The van der Waals surface area contributed by atoms with Crippen molar-refractivity contribution < 1.29 is 14.3 Å². The van der Waals surface area contributed by atoms with Crippen molar-refractivity contribution in [2.45, 2.75) is 25.7 Å². The van der Waals surface area contributed by atoms with E-state index in [1.165, 1.54) is 24.0 Å². The van der Waals surface area contributed by atoms with Crippen LogP contribution >= 0.6 is 0 Å². The standard InChI is InChI=1S/C19H21NO3/c1-22-16-9-7-13(8-10-16)19(21)20-17-11-14-5-3-4-6-15(14)12-18(17)23-2/h7-12H,3-6H2,1-2H3,(H,20,21). The van der Waals surface area contributed by atoms with Crippen LogP contribution in [0.25, 0.3) is 0 Å². The summed E-state index contributed by atoms with van der Waals surface area (Å²) in [6, 6.07) is 11.2. The minimum Gasteiger partial charge on any atom is -0.497 e. The first-order chi connectivity index (χ1) is 11.2. The van der Waals surface area contributed by atoms with E-state index < -0.39 is 0 Å². The van der Waals surface area contributed by atoms with Crippen LogP contribution in [0.4, 0.5) is 5.69 Å². The topological polar surface area (TPSA) is 47.6 Å². The third kappa shape index (κ3) is 3.31. The maximum Gasteiger partial charge on any atom is 0.255 e. The Morgan fingerprint density at radius 1 is 0.957 bits per heavy atom. The van der Waals surface area contributed by atoms with Crippen molar-refractivity contribution in [1.82, 2.24) is 0 Å². The van der Waals surface area contributed by atoms with Crippen molar-refractivity contribution in [2.75, 3.05) is 19.5 Å². The third-order valence-corrected chi connectivity index (χ3v) is 4.26. The summed E-state index contributed by atoms with van der Waals surface area (Å²) in [6.07, 6.45) is 4.56. The van der Waals surface area contributed by atoms with E-state index in [0.29, 0.717) is 11.3 Å². The molecule has 1 N–H and O–H groups in total. The highest BCUT2D eigenvalue weighted by Crippen LogP contribution is 2.33. The second-order valence-electron chi connectivity index (χ2n) is 5.71. The number of aryl methyl sites for hydroxylation is 2. The second kappa shape index (κ2) is 6.73. The Labute approximate surface area is 136 Å². The number of anilines is 1. The molecular formula is C19H21NO3. The molecule has 0 unspecified atom stereocenters. The van der Waals surface area contributed by atoms with Crippen molar-refractivity contribution in [2.24, 2.45) is 0 Å². The van der Waals surface area contributed by atoms with E-state index in [4.69, 9.17) is 9.47 Å². The van der Waals surface area contributed by atoms with Crippen molar-refractivity contribution in [3.63, 3.8) is 0 Å². The highest BCUT2D eigenvalue weighted by molar-refractivity contribution is 6.05. The highest BCUT2D eigenvalue weighted by atomic mass is 16.5. The maximum absolute atomic E-state index is 12.4. The Hall–Kier alpha value is -2.49. The Morgan fingerprint density at radius 3 is 2.22 bits per heavy atom. The summed E-state index contributed by atoms with van der Waals surface area (Å²) in [6.45, 7) is 0. The summed E-state index contributed by atoms with van der Waals surface area (Å²) in [5.74, 6) is 1.29. The quantitative estimate of drug-likeness (QED) is 0.933. The number of benzene rings is 2. The minimum atomic E-state index is -0.151. The molecule has 1 aliphatic carbocycles. The monoisotopic (exact) mass is 311 g/mol. The van der Waals surface area contributed by atoms with Crippen LogP contribution in [0.2, 0.25) is 0 Å². The molecule has 3 rings (SSSR count). The Kier molecular flexibility index (Phi) is 4.51. The number of hydrogen-bond donors (Lipinski definition) is 1. The lowest BCUT2D eigenvalue weighted by Crippen LogP contribution is -2.14. The van der Waals surface area contributed by atoms with Crippen molar-refractivity contribution in [1.29, 1.82) is 0 Å². The van der Waals surface area contributed by atoms with Gasteiger partial charge in [0.05, 0.1) is 19.9 Å². The van der Waals surface area contributed by atoms with Gasteiger partial charge in [-0.05, 0) is 73.2 Å². The van der Waals surface area contributed by atoms with Crippen molar-refractivity contribution >= 4 is 11.6 Å². The maximum atomic E-state index is 12.4. The lowest BCUT2D eigenvalue weighted by Gasteiger charge is -2.19. The second-order valence-corrected chi connectivity index (χ2v) is 5.71. The lowest BCUT2D eigenvalue weighted by atomic mass is 9.91. The van der Waals surface area contributed by atoms with E-state index in [9.17, 15) is 4.79 Å². The summed E-state index contributed by atoms with van der Waals surface area (Å²) < 4.78 is 10.6. The van der Waals surface area contributed by atoms with Crippen LogP contribution in [0.5, 0.6) is 11.5 Å². The molecule has 0 bridgehead atoms. The van der Waals surface area contributed by atoms with Crippen molar-refractivity contribution in [3.05, 3.63) is 53.1 Å². The van der Waals surface area contributed by atoms with Crippen LogP contribution in [-0.4, -0.2) is 20.1 Å². The van der Waals surface area contributed by atoms with Crippen LogP contribution in [0.1, 0.15) is 34.3 Å². The Bertz CT molecular complexity index is 707. The number of amides is 1. The first kappa shape index (κ1) is 15.4. The molecule has 2 aromatic carbocycles. The first-order valence-corrected chi connectivity index (χ1v) is 7.86. The molecule has 4 nitrogen and oxygen atoms in total. The molecule has 0 spiro atoms. The molecule has 0 atom stereocenters. The van der Waals surface area contributed by atoms with Gasteiger partial charge in [0.15, 0.2) is 0 Å². The summed E-state index contributed by atoms with van der Waals surface area (Å²) in [4.78, 5) is 12.4. The molecule has 0 heterocycles. The zero-order valence-electron chi connectivity index (χ0n) is 13.5. The fourth-order valence-corrected chi connectivity index (χ4v) is 2.97. The van der Waals surface area contributed by atoms with Crippen LogP contribution in [0.15, 0.2) is 36.4 Å². The highest BCUT2D eigenvalue weighted by Gasteiger charge is 2.16. The number of hydrogen-bond acceptors (Lipinski definition) is 3. The summed E-state index contributed by atoms with van der Waals surface area (Å²) >= 11 is 0. The minimum absolute atomic E-state index is 0.151. The average molecular weight is 311 g/mol. The van der Waals surface area contributed by atoms with E-state index >= 15 is 0 Å². The smallest absolute Gasteiger partial charge is 0.255 e. The number of nitrogens with one attached hydrogen (secondary N) is 1. The molecule has 0 aliphatic heterocycles. The van der Waals surface area contributed by atoms with Gasteiger partial charge in [-0.25, -0.2) is 0 Å². The summed E-state index contributed by atoms with van der Waals surface area (Å²) in [7, 11) is 3.24. The van der Waals surface area contributed by atoms with Gasteiger partial charge in [0.1, 0.15) is 11.5 Å². The molecule has 0 fully saturated rings. The molecular weight excluding hydrogens is 290 g/mol. The molecule has 23 heavy (non-hydrogen) atoms. The Morgan fingerprint density at radius 2 is 1.61 bits per heavy atom. The molecule has 120 valence electrons. The molecule has 2 aromatic rings. The molecule has 4 heteroatoms. The van der Waals surface area contributed by atoms with E-state index in [2.05, 4.69) is 17.4 Å². The van der Waals surface area contributed by atoms with Crippen LogP contribution < -0.4 is 14.8 Å². The molecule has 1 amide bonds. The largest absolute Gasteiger partial charge is 0.497 e. The van der Waals surface area contributed by atoms with Gasteiger partial charge in [-0.15, -0.1) is 0 Å². The number of methoxy groups -OCH3 is 2. The Balaban J connectivity index is 1.84. The normalized spacial score (nSPS) is 13.1. The van der Waals surface area contributed by atoms with Crippen LogP contribution in [0.3, 0.4) is 0 Å². The number of rotatable bonds is 4. The van der Waals surface area contributed by atoms with E-state index in [0.717, 1.165) is 24.3 Å². The zero-order chi connectivity index (χ0) is 16.2. The molecule has 0 aromatic heterocycles. The van der Waals surface area contributed by atoms with Gasteiger partial charge in [-0.2, -0.15) is 0 Å². The zero-order valence-corrected chi connectivity index (χ0v) is 13.5. The predicted octanol–water partition coefficient (Wildman–Crippen LogP) is 3.83. The molecule has 0 radical (unpaired) electrons. The van der Waals surface area contributed by atoms with Gasteiger partial charge in [-0.3, -0.25) is 4.79 Å². The number of carbonyl (C=O) groups excluding carboxylic acids is 1. The van der Waals surface area contributed by atoms with Crippen LogP contribution in [-0.2, 0) is 12.8 Å². The number of fused-ring (bicyclic) bond motifs is 1. The number of carbonyl (C=O) groups is 1. The summed E-state index contributed by atoms with van der Waals surface area (Å²) in [5, 5.41) is 2.96. The van der Waals surface area contributed by atoms with Gasteiger partial charge in [0.2, 0.25) is 0 Å².